The minimum atomic E-state index is 0.221. The average Bonchev–Trinajstić information content (AvgIpc) is 2.77. The van der Waals surface area contributed by atoms with Crippen molar-refractivity contribution in [2.24, 2.45) is 5.92 Å². The number of hydrogen-bond donors (Lipinski definition) is 1. The molecule has 0 aliphatic carbocycles. The SMILES string of the molecule is CC(CO)CSCc1nc(Cl)c2ccsc2n1. The van der Waals surface area contributed by atoms with E-state index in [1.807, 2.05) is 18.4 Å². The average molecular weight is 289 g/mol. The van der Waals surface area contributed by atoms with Crippen LogP contribution in [0.1, 0.15) is 12.7 Å². The molecule has 2 aromatic heterocycles. The van der Waals surface area contributed by atoms with Crippen LogP contribution in [0.2, 0.25) is 5.15 Å². The highest BCUT2D eigenvalue weighted by molar-refractivity contribution is 7.98. The minimum Gasteiger partial charge on any atom is -0.396 e. The number of halogens is 1. The standard InChI is InChI=1S/C11H13ClN2OS2/c1-7(4-15)5-16-6-9-13-10(12)8-2-3-17-11(8)14-9/h2-3,7,15H,4-6H2,1H3. The van der Waals surface area contributed by atoms with Crippen LogP contribution in [0.15, 0.2) is 11.4 Å². The lowest BCUT2D eigenvalue weighted by Gasteiger charge is -2.06. The monoisotopic (exact) mass is 288 g/mol. The summed E-state index contributed by atoms with van der Waals surface area (Å²) in [5.74, 6) is 2.71. The van der Waals surface area contributed by atoms with E-state index in [-0.39, 0.29) is 6.61 Å². The van der Waals surface area contributed by atoms with E-state index >= 15 is 0 Å². The van der Waals surface area contributed by atoms with Gasteiger partial charge < -0.3 is 5.11 Å². The maximum Gasteiger partial charge on any atom is 0.141 e. The van der Waals surface area contributed by atoms with E-state index in [9.17, 15) is 0 Å². The van der Waals surface area contributed by atoms with Crippen molar-refractivity contribution in [1.29, 1.82) is 0 Å². The Bertz CT molecular complexity index is 503. The van der Waals surface area contributed by atoms with Crippen molar-refractivity contribution in [3.8, 4) is 0 Å². The van der Waals surface area contributed by atoms with Gasteiger partial charge in [0.25, 0.3) is 0 Å². The van der Waals surface area contributed by atoms with Gasteiger partial charge in [-0.05, 0) is 23.1 Å². The van der Waals surface area contributed by atoms with Crippen molar-refractivity contribution in [3.05, 3.63) is 22.4 Å². The number of aromatic nitrogens is 2. The number of aliphatic hydroxyl groups excluding tert-OH is 1. The Balaban J connectivity index is 2.03. The third-order valence-corrected chi connectivity index (χ3v) is 4.63. The molecule has 1 atom stereocenters. The third kappa shape index (κ3) is 3.31. The molecule has 1 N–H and O–H groups in total. The molecule has 2 heterocycles. The highest BCUT2D eigenvalue weighted by Crippen LogP contribution is 2.26. The van der Waals surface area contributed by atoms with Crippen molar-refractivity contribution >= 4 is 44.9 Å². The normalized spacial score (nSPS) is 13.1. The van der Waals surface area contributed by atoms with E-state index in [4.69, 9.17) is 16.7 Å². The van der Waals surface area contributed by atoms with Crippen molar-refractivity contribution in [1.82, 2.24) is 9.97 Å². The van der Waals surface area contributed by atoms with Crippen molar-refractivity contribution in [2.75, 3.05) is 12.4 Å². The lowest BCUT2D eigenvalue weighted by molar-refractivity contribution is 0.250. The molecular weight excluding hydrogens is 276 g/mol. The van der Waals surface area contributed by atoms with E-state index in [1.165, 1.54) is 0 Å². The number of thioether (sulfide) groups is 1. The van der Waals surface area contributed by atoms with Gasteiger partial charge in [0.15, 0.2) is 0 Å². The number of fused-ring (bicyclic) bond motifs is 1. The summed E-state index contributed by atoms with van der Waals surface area (Å²) in [6.45, 7) is 2.24. The Morgan fingerprint density at radius 2 is 2.35 bits per heavy atom. The van der Waals surface area contributed by atoms with Crippen LogP contribution in [0.4, 0.5) is 0 Å². The van der Waals surface area contributed by atoms with Gasteiger partial charge in [0.2, 0.25) is 0 Å². The fraction of sp³-hybridized carbons (Fsp3) is 0.455. The zero-order valence-electron chi connectivity index (χ0n) is 9.39. The fourth-order valence-electron chi connectivity index (χ4n) is 1.33. The van der Waals surface area contributed by atoms with E-state index in [0.29, 0.717) is 11.1 Å². The third-order valence-electron chi connectivity index (χ3n) is 2.27. The van der Waals surface area contributed by atoms with Crippen molar-refractivity contribution in [2.45, 2.75) is 12.7 Å². The molecule has 92 valence electrons. The summed E-state index contributed by atoms with van der Waals surface area (Å²) < 4.78 is 0. The summed E-state index contributed by atoms with van der Waals surface area (Å²) in [5, 5.41) is 12.3. The maximum absolute atomic E-state index is 8.93. The van der Waals surface area contributed by atoms with Gasteiger partial charge in [-0.3, -0.25) is 0 Å². The largest absolute Gasteiger partial charge is 0.396 e. The highest BCUT2D eigenvalue weighted by atomic mass is 35.5. The van der Waals surface area contributed by atoms with Gasteiger partial charge in [0, 0.05) is 12.0 Å². The Morgan fingerprint density at radius 1 is 1.53 bits per heavy atom. The predicted molar refractivity (Wildman–Crippen MR) is 74.8 cm³/mol. The second kappa shape index (κ2) is 6.00. The van der Waals surface area contributed by atoms with E-state index in [1.54, 1.807) is 23.1 Å². The summed E-state index contributed by atoms with van der Waals surface area (Å²) in [6.07, 6.45) is 0. The van der Waals surface area contributed by atoms with E-state index in [0.717, 1.165) is 27.5 Å². The van der Waals surface area contributed by atoms with Crippen LogP contribution in [0.3, 0.4) is 0 Å². The van der Waals surface area contributed by atoms with Crippen LogP contribution >= 0.6 is 34.7 Å². The van der Waals surface area contributed by atoms with Crippen LogP contribution in [-0.4, -0.2) is 27.4 Å². The van der Waals surface area contributed by atoms with Gasteiger partial charge in [-0.15, -0.1) is 11.3 Å². The fourth-order valence-corrected chi connectivity index (χ4v) is 3.36. The molecule has 0 aromatic carbocycles. The van der Waals surface area contributed by atoms with E-state index < -0.39 is 0 Å². The number of aliphatic hydroxyl groups is 1. The molecule has 17 heavy (non-hydrogen) atoms. The van der Waals surface area contributed by atoms with Crippen molar-refractivity contribution in [3.63, 3.8) is 0 Å². The van der Waals surface area contributed by atoms with E-state index in [2.05, 4.69) is 9.97 Å². The smallest absolute Gasteiger partial charge is 0.141 e. The summed E-state index contributed by atoms with van der Waals surface area (Å²) in [7, 11) is 0. The molecule has 0 bridgehead atoms. The first-order valence-electron chi connectivity index (χ1n) is 5.29. The van der Waals surface area contributed by atoms with Gasteiger partial charge in [-0.1, -0.05) is 18.5 Å². The number of hydrogen-bond acceptors (Lipinski definition) is 5. The van der Waals surface area contributed by atoms with Crippen LogP contribution in [0.5, 0.6) is 0 Å². The molecule has 2 rings (SSSR count). The molecule has 0 radical (unpaired) electrons. The van der Waals surface area contributed by atoms with Gasteiger partial charge >= 0.3 is 0 Å². The highest BCUT2D eigenvalue weighted by Gasteiger charge is 2.08. The molecule has 0 saturated carbocycles. The first-order chi connectivity index (χ1) is 8.20. The van der Waals surface area contributed by atoms with Crippen LogP contribution < -0.4 is 0 Å². The Kier molecular flexibility index (Phi) is 4.62. The molecule has 0 spiro atoms. The second-order valence-corrected chi connectivity index (χ2v) is 6.16. The molecule has 6 heteroatoms. The number of nitrogens with zero attached hydrogens (tertiary/aromatic N) is 2. The van der Waals surface area contributed by atoms with Gasteiger partial charge in [-0.2, -0.15) is 11.8 Å². The molecule has 0 fully saturated rings. The maximum atomic E-state index is 8.93. The molecule has 0 amide bonds. The van der Waals surface area contributed by atoms with Crippen LogP contribution in [-0.2, 0) is 5.75 Å². The van der Waals surface area contributed by atoms with Crippen molar-refractivity contribution < 1.29 is 5.11 Å². The quantitative estimate of drug-likeness (QED) is 0.858. The van der Waals surface area contributed by atoms with Gasteiger partial charge in [-0.25, -0.2) is 9.97 Å². The first-order valence-corrected chi connectivity index (χ1v) is 7.70. The zero-order chi connectivity index (χ0) is 12.3. The molecule has 0 saturated heterocycles. The van der Waals surface area contributed by atoms with Crippen LogP contribution in [0.25, 0.3) is 10.2 Å². The molecule has 0 aliphatic rings. The Hall–Kier alpha value is -0.360. The Morgan fingerprint density at radius 3 is 3.12 bits per heavy atom. The van der Waals surface area contributed by atoms with Gasteiger partial charge in [0.05, 0.1) is 5.75 Å². The molecule has 0 aliphatic heterocycles. The summed E-state index contributed by atoms with van der Waals surface area (Å²) >= 11 is 9.37. The molecule has 2 aromatic rings. The molecule has 1 unspecified atom stereocenters. The summed E-state index contributed by atoms with van der Waals surface area (Å²) in [6, 6.07) is 1.94. The molecular formula is C11H13ClN2OS2. The number of thiophene rings is 1. The zero-order valence-corrected chi connectivity index (χ0v) is 11.8. The van der Waals surface area contributed by atoms with Gasteiger partial charge in [0.1, 0.15) is 15.8 Å². The van der Waals surface area contributed by atoms with Crippen LogP contribution in [0, 0.1) is 5.92 Å². The predicted octanol–water partition coefficient (Wildman–Crippen LogP) is 3.21. The first kappa shape index (κ1) is 13.1. The number of rotatable bonds is 5. The lowest BCUT2D eigenvalue weighted by Crippen LogP contribution is -2.04. The second-order valence-electron chi connectivity index (χ2n) is 3.87. The summed E-state index contributed by atoms with van der Waals surface area (Å²) in [4.78, 5) is 9.67. The molecule has 3 nitrogen and oxygen atoms in total. The topological polar surface area (TPSA) is 46.0 Å². The summed E-state index contributed by atoms with van der Waals surface area (Å²) in [5.41, 5.74) is 0. The minimum absolute atomic E-state index is 0.221. The Labute approximate surface area is 113 Å². The lowest BCUT2D eigenvalue weighted by atomic mass is 10.2.